The number of aromatic amines is 1. The fraction of sp³-hybridized carbons (Fsp3) is 0.320. The van der Waals surface area contributed by atoms with Crippen molar-refractivity contribution in [3.63, 3.8) is 0 Å². The zero-order valence-corrected chi connectivity index (χ0v) is 21.3. The number of fused-ring (bicyclic) bond motifs is 1. The van der Waals surface area contributed by atoms with E-state index in [0.29, 0.717) is 29.9 Å². The van der Waals surface area contributed by atoms with E-state index in [1.54, 1.807) is 31.2 Å². The molecule has 0 radical (unpaired) electrons. The Morgan fingerprint density at radius 3 is 2.53 bits per heavy atom. The van der Waals surface area contributed by atoms with Crippen molar-refractivity contribution in [1.29, 1.82) is 0 Å². The smallest absolute Gasteiger partial charge is 0.338 e. The van der Waals surface area contributed by atoms with Crippen LogP contribution in [0.2, 0.25) is 0 Å². The summed E-state index contributed by atoms with van der Waals surface area (Å²) in [6.45, 7) is 2.62. The van der Waals surface area contributed by atoms with Crippen molar-refractivity contribution in [3.05, 3.63) is 81.7 Å². The van der Waals surface area contributed by atoms with Gasteiger partial charge in [0.25, 0.3) is 5.56 Å². The summed E-state index contributed by atoms with van der Waals surface area (Å²) in [7, 11) is -3.97. The largest absolute Gasteiger partial charge is 0.462 e. The molecule has 1 N–H and O–H groups in total. The number of benzene rings is 2. The van der Waals surface area contributed by atoms with E-state index >= 15 is 0 Å². The van der Waals surface area contributed by atoms with Crippen LogP contribution in [0.1, 0.15) is 47.4 Å². The topological polar surface area (TPSA) is 140 Å². The average molecular weight is 541 g/mol. The Balaban J connectivity index is 1.34. The lowest BCUT2D eigenvalue weighted by Crippen LogP contribution is -2.38. The first-order chi connectivity index (χ1) is 18.3. The molecular formula is C25H25FN6O5S. The first-order valence-electron chi connectivity index (χ1n) is 12.1. The number of H-pyrrole nitrogens is 1. The Morgan fingerprint density at radius 1 is 1.13 bits per heavy atom. The minimum Gasteiger partial charge on any atom is -0.462 e. The molecule has 2 aromatic heterocycles. The zero-order valence-electron chi connectivity index (χ0n) is 20.5. The fourth-order valence-electron chi connectivity index (χ4n) is 4.48. The third-order valence-corrected chi connectivity index (χ3v) is 8.42. The number of carbonyl (C=O) groups is 1. The Hall–Kier alpha value is -3.97. The molecule has 13 heteroatoms. The summed E-state index contributed by atoms with van der Waals surface area (Å²) in [5.74, 6) is -0.976. The minimum atomic E-state index is -3.97. The van der Waals surface area contributed by atoms with Crippen molar-refractivity contribution in [1.82, 2.24) is 29.3 Å². The van der Waals surface area contributed by atoms with E-state index in [-0.39, 0.29) is 42.6 Å². The van der Waals surface area contributed by atoms with Crippen LogP contribution in [-0.2, 0) is 21.3 Å². The quantitative estimate of drug-likeness (QED) is 0.353. The van der Waals surface area contributed by atoms with Crippen molar-refractivity contribution in [2.24, 2.45) is 0 Å². The molecule has 3 heterocycles. The number of sulfonamides is 1. The van der Waals surface area contributed by atoms with Crippen molar-refractivity contribution in [2.75, 3.05) is 19.7 Å². The van der Waals surface area contributed by atoms with Gasteiger partial charge in [-0.15, -0.1) is 5.10 Å². The highest BCUT2D eigenvalue weighted by Gasteiger charge is 2.32. The van der Waals surface area contributed by atoms with Crippen molar-refractivity contribution in [3.8, 4) is 0 Å². The number of nitrogens with one attached hydrogen (secondary N) is 1. The monoisotopic (exact) mass is 540 g/mol. The molecule has 1 aliphatic heterocycles. The highest BCUT2D eigenvalue weighted by Crippen LogP contribution is 2.29. The molecule has 2 aromatic carbocycles. The van der Waals surface area contributed by atoms with Crippen LogP contribution in [0.25, 0.3) is 11.2 Å². The van der Waals surface area contributed by atoms with Crippen LogP contribution in [-0.4, -0.2) is 63.4 Å². The molecule has 0 aliphatic carbocycles. The van der Waals surface area contributed by atoms with Gasteiger partial charge in [0.1, 0.15) is 16.5 Å². The molecule has 0 atom stereocenters. The number of halogens is 1. The maximum atomic E-state index is 14.1. The third-order valence-electron chi connectivity index (χ3n) is 6.48. The van der Waals surface area contributed by atoms with Crippen LogP contribution in [0.5, 0.6) is 0 Å². The SMILES string of the molecule is CCOC(=O)c1ccc(Cn2nnc3c(=O)[nH]c(C4CCN(S(=O)(=O)c5ccccc5F)CC4)nc32)cc1. The van der Waals surface area contributed by atoms with Gasteiger partial charge in [0.2, 0.25) is 10.0 Å². The second kappa shape index (κ2) is 10.4. The van der Waals surface area contributed by atoms with Gasteiger partial charge in [-0.3, -0.25) is 4.79 Å². The number of rotatable bonds is 7. The molecule has 38 heavy (non-hydrogen) atoms. The summed E-state index contributed by atoms with van der Waals surface area (Å²) < 4.78 is 47.7. The Labute approximate surface area is 217 Å². The second-order valence-electron chi connectivity index (χ2n) is 8.90. The number of esters is 1. The summed E-state index contributed by atoms with van der Waals surface area (Å²) in [5, 5.41) is 8.05. The van der Waals surface area contributed by atoms with Gasteiger partial charge in [0.05, 0.1) is 18.7 Å². The molecule has 5 rings (SSSR count). The number of hydrogen-bond acceptors (Lipinski definition) is 8. The lowest BCUT2D eigenvalue weighted by Gasteiger charge is -2.30. The number of carbonyl (C=O) groups excluding carboxylic acids is 1. The van der Waals surface area contributed by atoms with E-state index in [1.807, 2.05) is 0 Å². The van der Waals surface area contributed by atoms with E-state index in [4.69, 9.17) is 4.74 Å². The predicted octanol–water partition coefficient (Wildman–Crippen LogP) is 2.45. The van der Waals surface area contributed by atoms with Crippen LogP contribution in [0.3, 0.4) is 0 Å². The lowest BCUT2D eigenvalue weighted by atomic mass is 9.97. The molecule has 1 aliphatic rings. The second-order valence-corrected chi connectivity index (χ2v) is 10.8. The first kappa shape index (κ1) is 25.7. The third kappa shape index (κ3) is 4.94. The molecule has 11 nitrogen and oxygen atoms in total. The normalized spacial score (nSPS) is 15.1. The molecule has 0 unspecified atom stereocenters. The van der Waals surface area contributed by atoms with Gasteiger partial charge >= 0.3 is 5.97 Å². The van der Waals surface area contributed by atoms with Gasteiger partial charge in [-0.2, -0.15) is 4.31 Å². The maximum absolute atomic E-state index is 14.1. The number of nitrogens with zero attached hydrogens (tertiary/aromatic N) is 5. The minimum absolute atomic E-state index is 0.0939. The van der Waals surface area contributed by atoms with E-state index < -0.39 is 27.4 Å². The van der Waals surface area contributed by atoms with E-state index in [2.05, 4.69) is 20.3 Å². The standard InChI is InChI=1S/C25H25FN6O5S/c1-2-37-25(34)18-9-7-16(8-10-18)15-32-23-21(29-30-32)24(33)28-22(27-23)17-11-13-31(14-12-17)38(35,36)20-6-4-3-5-19(20)26/h3-10,17H,2,11-15H2,1H3,(H,27,28,33). The van der Waals surface area contributed by atoms with Gasteiger partial charge in [-0.1, -0.05) is 29.5 Å². The molecule has 0 saturated carbocycles. The summed E-state index contributed by atoms with van der Waals surface area (Å²) >= 11 is 0. The van der Waals surface area contributed by atoms with Gasteiger partial charge in [-0.05, 0) is 49.6 Å². The average Bonchev–Trinajstić information content (AvgIpc) is 3.32. The highest BCUT2D eigenvalue weighted by molar-refractivity contribution is 7.89. The number of ether oxygens (including phenoxy) is 1. The molecule has 4 aromatic rings. The summed E-state index contributed by atoms with van der Waals surface area (Å²) in [5.41, 5.74) is 1.21. The number of aromatic nitrogens is 5. The van der Waals surface area contributed by atoms with Gasteiger partial charge in [-0.25, -0.2) is 27.3 Å². The Bertz CT molecular complexity index is 1640. The molecule has 0 amide bonds. The van der Waals surface area contributed by atoms with Crippen LogP contribution in [0.4, 0.5) is 4.39 Å². The summed E-state index contributed by atoms with van der Waals surface area (Å²) in [6, 6.07) is 12.1. The number of piperidine rings is 1. The highest BCUT2D eigenvalue weighted by atomic mass is 32.2. The van der Waals surface area contributed by atoms with Crippen LogP contribution in [0.15, 0.2) is 58.2 Å². The van der Waals surface area contributed by atoms with Crippen LogP contribution < -0.4 is 5.56 Å². The molecular weight excluding hydrogens is 515 g/mol. The molecule has 198 valence electrons. The predicted molar refractivity (Wildman–Crippen MR) is 135 cm³/mol. The van der Waals surface area contributed by atoms with Gasteiger partial charge in [0.15, 0.2) is 11.2 Å². The van der Waals surface area contributed by atoms with Gasteiger partial charge in [0, 0.05) is 19.0 Å². The summed E-state index contributed by atoms with van der Waals surface area (Å²) in [4.78, 5) is 31.6. The molecule has 0 bridgehead atoms. The van der Waals surface area contributed by atoms with E-state index in [1.165, 1.54) is 27.2 Å². The van der Waals surface area contributed by atoms with E-state index in [0.717, 1.165) is 11.6 Å². The Morgan fingerprint density at radius 2 is 1.84 bits per heavy atom. The zero-order chi connectivity index (χ0) is 26.9. The first-order valence-corrected chi connectivity index (χ1v) is 13.6. The van der Waals surface area contributed by atoms with Crippen LogP contribution >= 0.6 is 0 Å². The molecule has 1 saturated heterocycles. The molecule has 1 fully saturated rings. The maximum Gasteiger partial charge on any atom is 0.338 e. The van der Waals surface area contributed by atoms with Crippen molar-refractivity contribution in [2.45, 2.75) is 37.1 Å². The van der Waals surface area contributed by atoms with Crippen LogP contribution in [0, 0.1) is 5.82 Å². The van der Waals surface area contributed by atoms with Gasteiger partial charge < -0.3 is 9.72 Å². The molecule has 0 spiro atoms. The van der Waals surface area contributed by atoms with E-state index in [9.17, 15) is 22.4 Å². The van der Waals surface area contributed by atoms with Crippen molar-refractivity contribution >= 4 is 27.2 Å². The number of hydrogen-bond donors (Lipinski definition) is 1. The van der Waals surface area contributed by atoms with Crippen molar-refractivity contribution < 1.29 is 22.3 Å². The Kier molecular flexibility index (Phi) is 7.04. The fourth-order valence-corrected chi connectivity index (χ4v) is 6.01. The lowest BCUT2D eigenvalue weighted by molar-refractivity contribution is 0.0526. The summed E-state index contributed by atoms with van der Waals surface area (Å²) in [6.07, 6.45) is 0.804.